The van der Waals surface area contributed by atoms with Gasteiger partial charge in [0.1, 0.15) is 10.6 Å². The monoisotopic (exact) mass is 275 g/mol. The number of methoxy groups -OCH3 is 1. The van der Waals surface area contributed by atoms with E-state index < -0.39 is 0 Å². The predicted molar refractivity (Wildman–Crippen MR) is 72.4 cm³/mol. The number of amides is 1. The Kier molecular flexibility index (Phi) is 6.37. The van der Waals surface area contributed by atoms with Crippen LogP contribution in [0.15, 0.2) is 11.4 Å². The van der Waals surface area contributed by atoms with E-state index in [-0.39, 0.29) is 5.91 Å². The number of hydrogen-bond acceptors (Lipinski definition) is 3. The summed E-state index contributed by atoms with van der Waals surface area (Å²) >= 11 is 7.14. The first-order valence-corrected chi connectivity index (χ1v) is 7.12. The average molecular weight is 276 g/mol. The minimum atomic E-state index is 0.0194. The predicted octanol–water partition coefficient (Wildman–Crippen LogP) is 3.24. The Balaban J connectivity index is 2.76. The summed E-state index contributed by atoms with van der Waals surface area (Å²) < 4.78 is 5.17. The number of hydrogen-bond donors (Lipinski definition) is 0. The summed E-state index contributed by atoms with van der Waals surface area (Å²) in [6, 6.07) is 1.82. The van der Waals surface area contributed by atoms with Crippen molar-refractivity contribution in [3.63, 3.8) is 0 Å². The second kappa shape index (κ2) is 7.56. The SMILES string of the molecule is CCCCN(CCCl)C(=O)c1sccc1OC. The lowest BCUT2D eigenvalue weighted by atomic mass is 10.3. The third-order valence-corrected chi connectivity index (χ3v) is 3.52. The van der Waals surface area contributed by atoms with Gasteiger partial charge < -0.3 is 9.64 Å². The summed E-state index contributed by atoms with van der Waals surface area (Å²) in [5.74, 6) is 1.13. The van der Waals surface area contributed by atoms with E-state index in [1.807, 2.05) is 11.4 Å². The van der Waals surface area contributed by atoms with Crippen LogP contribution in [0.2, 0.25) is 0 Å². The van der Waals surface area contributed by atoms with E-state index in [1.165, 1.54) is 11.3 Å². The van der Waals surface area contributed by atoms with Gasteiger partial charge in [-0.1, -0.05) is 13.3 Å². The van der Waals surface area contributed by atoms with Gasteiger partial charge in [-0.15, -0.1) is 22.9 Å². The molecule has 0 aliphatic carbocycles. The highest BCUT2D eigenvalue weighted by molar-refractivity contribution is 7.12. The molecule has 0 atom stereocenters. The summed E-state index contributed by atoms with van der Waals surface area (Å²) in [4.78, 5) is 14.7. The number of nitrogens with zero attached hydrogens (tertiary/aromatic N) is 1. The lowest BCUT2D eigenvalue weighted by molar-refractivity contribution is 0.0765. The highest BCUT2D eigenvalue weighted by Gasteiger charge is 2.19. The van der Waals surface area contributed by atoms with Crippen LogP contribution in [0.1, 0.15) is 29.4 Å². The van der Waals surface area contributed by atoms with Crippen molar-refractivity contribution in [1.29, 1.82) is 0 Å². The van der Waals surface area contributed by atoms with E-state index in [2.05, 4.69) is 6.92 Å². The molecular weight excluding hydrogens is 258 g/mol. The van der Waals surface area contributed by atoms with Crippen molar-refractivity contribution in [3.05, 3.63) is 16.3 Å². The zero-order valence-corrected chi connectivity index (χ0v) is 11.8. The van der Waals surface area contributed by atoms with Crippen molar-refractivity contribution in [3.8, 4) is 5.75 Å². The van der Waals surface area contributed by atoms with Crippen molar-refractivity contribution in [2.45, 2.75) is 19.8 Å². The summed E-state index contributed by atoms with van der Waals surface area (Å²) in [5, 5.41) is 1.87. The molecule has 0 spiro atoms. The second-order valence-electron chi connectivity index (χ2n) is 3.65. The lowest BCUT2D eigenvalue weighted by Crippen LogP contribution is -2.33. The number of unbranched alkanes of at least 4 members (excludes halogenated alkanes) is 1. The van der Waals surface area contributed by atoms with Gasteiger partial charge in [-0.25, -0.2) is 0 Å². The lowest BCUT2D eigenvalue weighted by Gasteiger charge is -2.21. The highest BCUT2D eigenvalue weighted by atomic mass is 35.5. The summed E-state index contributed by atoms with van der Waals surface area (Å²) in [5.41, 5.74) is 0. The number of rotatable bonds is 7. The maximum Gasteiger partial charge on any atom is 0.267 e. The molecule has 0 aromatic carbocycles. The normalized spacial score (nSPS) is 10.3. The van der Waals surface area contributed by atoms with Crippen LogP contribution in [0.25, 0.3) is 0 Å². The molecule has 96 valence electrons. The molecule has 0 fully saturated rings. The molecule has 0 N–H and O–H groups in total. The van der Waals surface area contributed by atoms with Crippen LogP contribution >= 0.6 is 22.9 Å². The van der Waals surface area contributed by atoms with E-state index >= 15 is 0 Å². The summed E-state index contributed by atoms with van der Waals surface area (Å²) in [6.07, 6.45) is 2.06. The Morgan fingerprint density at radius 1 is 1.53 bits per heavy atom. The Morgan fingerprint density at radius 3 is 2.88 bits per heavy atom. The largest absolute Gasteiger partial charge is 0.495 e. The fourth-order valence-electron chi connectivity index (χ4n) is 1.52. The summed E-state index contributed by atoms with van der Waals surface area (Å²) in [6.45, 7) is 3.44. The van der Waals surface area contributed by atoms with Gasteiger partial charge in [0.2, 0.25) is 0 Å². The molecule has 0 bridgehead atoms. The van der Waals surface area contributed by atoms with Crippen molar-refractivity contribution < 1.29 is 9.53 Å². The molecule has 1 amide bonds. The van der Waals surface area contributed by atoms with Crippen molar-refractivity contribution in [2.24, 2.45) is 0 Å². The maximum absolute atomic E-state index is 12.3. The standard InChI is InChI=1S/C12H18ClNO2S/c1-3-4-7-14(8-6-13)12(15)11-10(16-2)5-9-17-11/h5,9H,3-4,6-8H2,1-2H3. The van der Waals surface area contributed by atoms with E-state index in [4.69, 9.17) is 16.3 Å². The quantitative estimate of drug-likeness (QED) is 0.715. The van der Waals surface area contributed by atoms with Gasteiger partial charge in [0.25, 0.3) is 5.91 Å². The van der Waals surface area contributed by atoms with Crippen LogP contribution in [0, 0.1) is 0 Å². The van der Waals surface area contributed by atoms with Gasteiger partial charge in [-0.3, -0.25) is 4.79 Å². The van der Waals surface area contributed by atoms with Crippen LogP contribution in [-0.4, -0.2) is 36.9 Å². The third kappa shape index (κ3) is 3.89. The number of ether oxygens (including phenoxy) is 1. The molecule has 3 nitrogen and oxygen atoms in total. The maximum atomic E-state index is 12.3. The van der Waals surface area contributed by atoms with Crippen molar-refractivity contribution >= 4 is 28.8 Å². The smallest absolute Gasteiger partial charge is 0.267 e. The summed E-state index contributed by atoms with van der Waals surface area (Å²) in [7, 11) is 1.58. The first-order valence-electron chi connectivity index (χ1n) is 5.71. The van der Waals surface area contributed by atoms with E-state index in [0.29, 0.717) is 23.1 Å². The van der Waals surface area contributed by atoms with Gasteiger partial charge in [-0.2, -0.15) is 0 Å². The van der Waals surface area contributed by atoms with Crippen LogP contribution in [0.5, 0.6) is 5.75 Å². The van der Waals surface area contributed by atoms with E-state index in [0.717, 1.165) is 19.4 Å². The Hall–Kier alpha value is -0.740. The molecule has 5 heteroatoms. The van der Waals surface area contributed by atoms with E-state index in [1.54, 1.807) is 12.0 Å². The van der Waals surface area contributed by atoms with Gasteiger partial charge in [0.15, 0.2) is 0 Å². The van der Waals surface area contributed by atoms with Gasteiger partial charge >= 0.3 is 0 Å². The molecule has 0 radical (unpaired) electrons. The van der Waals surface area contributed by atoms with Crippen LogP contribution < -0.4 is 4.74 Å². The van der Waals surface area contributed by atoms with Gasteiger partial charge in [0.05, 0.1) is 7.11 Å². The average Bonchev–Trinajstić information content (AvgIpc) is 2.81. The third-order valence-electron chi connectivity index (χ3n) is 2.47. The van der Waals surface area contributed by atoms with Crippen molar-refractivity contribution in [1.82, 2.24) is 4.90 Å². The fraction of sp³-hybridized carbons (Fsp3) is 0.583. The minimum absolute atomic E-state index is 0.0194. The Morgan fingerprint density at radius 2 is 2.29 bits per heavy atom. The van der Waals surface area contributed by atoms with Crippen LogP contribution in [0.3, 0.4) is 0 Å². The topological polar surface area (TPSA) is 29.5 Å². The molecule has 1 rings (SSSR count). The number of thiophene rings is 1. The first kappa shape index (κ1) is 14.3. The van der Waals surface area contributed by atoms with E-state index in [9.17, 15) is 4.79 Å². The number of halogens is 1. The van der Waals surface area contributed by atoms with Crippen LogP contribution in [0.4, 0.5) is 0 Å². The highest BCUT2D eigenvalue weighted by Crippen LogP contribution is 2.26. The molecule has 1 aromatic heterocycles. The molecule has 17 heavy (non-hydrogen) atoms. The molecule has 0 aliphatic heterocycles. The molecular formula is C12H18ClNO2S. The molecule has 0 saturated carbocycles. The van der Waals surface area contributed by atoms with Gasteiger partial charge in [-0.05, 0) is 17.9 Å². The second-order valence-corrected chi connectivity index (χ2v) is 4.95. The van der Waals surface area contributed by atoms with Crippen molar-refractivity contribution in [2.75, 3.05) is 26.1 Å². The van der Waals surface area contributed by atoms with Crippen LogP contribution in [-0.2, 0) is 0 Å². The molecule has 1 aromatic rings. The minimum Gasteiger partial charge on any atom is -0.495 e. The fourth-order valence-corrected chi connectivity index (χ4v) is 2.55. The molecule has 0 unspecified atom stereocenters. The molecule has 1 heterocycles. The van der Waals surface area contributed by atoms with Gasteiger partial charge in [0, 0.05) is 19.0 Å². The number of carbonyl (C=O) groups is 1. The number of alkyl halides is 1. The zero-order chi connectivity index (χ0) is 12.7. The molecule has 0 saturated heterocycles. The number of carbonyl (C=O) groups excluding carboxylic acids is 1. The zero-order valence-electron chi connectivity index (χ0n) is 10.2. The molecule has 0 aliphatic rings. The Labute approximate surface area is 111 Å². The first-order chi connectivity index (χ1) is 8.24. The Bertz CT molecular complexity index is 354.